The number of amides is 1. The van der Waals surface area contributed by atoms with Crippen LogP contribution >= 0.6 is 0 Å². The van der Waals surface area contributed by atoms with Crippen LogP contribution in [0.4, 0.5) is 5.82 Å². The molecule has 0 N–H and O–H groups in total. The Hall–Kier alpha value is -2.13. The monoisotopic (exact) mass is 382 g/mol. The van der Waals surface area contributed by atoms with Crippen molar-refractivity contribution in [1.82, 2.24) is 9.88 Å². The highest BCUT2D eigenvalue weighted by molar-refractivity contribution is 5.77. The summed E-state index contributed by atoms with van der Waals surface area (Å²) in [4.78, 5) is 21.5. The van der Waals surface area contributed by atoms with Crippen LogP contribution < -0.4 is 4.90 Å². The number of hydrogen-bond acceptors (Lipinski definition) is 5. The van der Waals surface area contributed by atoms with E-state index in [1.54, 1.807) is 0 Å². The molecule has 0 radical (unpaired) electrons. The van der Waals surface area contributed by atoms with E-state index >= 15 is 0 Å². The van der Waals surface area contributed by atoms with Gasteiger partial charge in [0.25, 0.3) is 0 Å². The van der Waals surface area contributed by atoms with Gasteiger partial charge < -0.3 is 14.5 Å². The molecule has 0 unspecified atom stereocenters. The summed E-state index contributed by atoms with van der Waals surface area (Å²) < 4.78 is 5.76. The average Bonchev–Trinajstić information content (AvgIpc) is 3.18. The summed E-state index contributed by atoms with van der Waals surface area (Å²) in [6, 6.07) is 4.29. The summed E-state index contributed by atoms with van der Waals surface area (Å²) in [5.74, 6) is 1.27. The minimum atomic E-state index is 0.230. The molecule has 3 aliphatic heterocycles. The number of aromatic nitrogens is 1. The number of ether oxygens (including phenoxy) is 1. The van der Waals surface area contributed by atoms with Crippen LogP contribution in [0.1, 0.15) is 55.3 Å². The first-order valence-electron chi connectivity index (χ1n) is 10.5. The molecule has 6 nitrogen and oxygen atoms in total. The predicted octanol–water partition coefficient (Wildman–Crippen LogP) is 2.96. The van der Waals surface area contributed by atoms with Crippen LogP contribution in [0, 0.1) is 30.6 Å². The van der Waals surface area contributed by atoms with E-state index in [1.807, 2.05) is 19.9 Å². The Labute approximate surface area is 167 Å². The number of nitrogens with zero attached hydrogens (tertiary/aromatic N) is 4. The number of carbonyl (C=O) groups is 1. The van der Waals surface area contributed by atoms with Crippen LogP contribution in [0.2, 0.25) is 0 Å². The molecule has 3 fully saturated rings. The van der Waals surface area contributed by atoms with E-state index in [-0.39, 0.29) is 11.5 Å². The molecule has 1 aromatic rings. The van der Waals surface area contributed by atoms with Gasteiger partial charge in [0.05, 0.1) is 17.4 Å². The highest BCUT2D eigenvalue weighted by Gasteiger charge is 2.41. The topological polar surface area (TPSA) is 69.5 Å². The van der Waals surface area contributed by atoms with E-state index in [0.717, 1.165) is 82.0 Å². The Bertz CT molecular complexity index is 763. The number of aryl methyl sites for hydroxylation is 2. The van der Waals surface area contributed by atoms with Crippen LogP contribution in [-0.2, 0) is 9.53 Å². The Morgan fingerprint density at radius 1 is 1.32 bits per heavy atom. The number of nitriles is 1. The van der Waals surface area contributed by atoms with E-state index < -0.39 is 0 Å². The van der Waals surface area contributed by atoms with Crippen LogP contribution in [0.3, 0.4) is 0 Å². The first-order chi connectivity index (χ1) is 13.5. The number of likely N-dealkylation sites (tertiary alicyclic amines) is 1. The van der Waals surface area contributed by atoms with E-state index in [9.17, 15) is 10.1 Å². The van der Waals surface area contributed by atoms with Gasteiger partial charge >= 0.3 is 0 Å². The van der Waals surface area contributed by atoms with Crippen molar-refractivity contribution in [2.24, 2.45) is 5.41 Å². The summed E-state index contributed by atoms with van der Waals surface area (Å²) in [6.07, 6.45) is 6.26. The number of anilines is 1. The van der Waals surface area contributed by atoms with E-state index in [0.29, 0.717) is 17.9 Å². The second kappa shape index (κ2) is 7.71. The van der Waals surface area contributed by atoms with Crippen LogP contribution in [0.25, 0.3) is 0 Å². The first-order valence-corrected chi connectivity index (χ1v) is 10.5. The molecular weight excluding hydrogens is 352 g/mol. The maximum atomic E-state index is 12.5. The maximum Gasteiger partial charge on any atom is 0.222 e. The minimum Gasteiger partial charge on any atom is -0.376 e. The lowest BCUT2D eigenvalue weighted by molar-refractivity contribution is -0.140. The fraction of sp³-hybridized carbons (Fsp3) is 0.682. The number of piperidine rings is 2. The lowest BCUT2D eigenvalue weighted by Gasteiger charge is -2.48. The zero-order valence-electron chi connectivity index (χ0n) is 17.0. The predicted molar refractivity (Wildman–Crippen MR) is 107 cm³/mol. The van der Waals surface area contributed by atoms with Crippen molar-refractivity contribution < 1.29 is 9.53 Å². The molecule has 1 atom stereocenters. The first kappa shape index (κ1) is 19.2. The van der Waals surface area contributed by atoms with Gasteiger partial charge in [-0.05, 0) is 63.0 Å². The molecule has 0 saturated carbocycles. The molecule has 0 bridgehead atoms. The zero-order valence-corrected chi connectivity index (χ0v) is 17.0. The van der Waals surface area contributed by atoms with Gasteiger partial charge in [-0.1, -0.05) is 0 Å². The fourth-order valence-corrected chi connectivity index (χ4v) is 5.06. The summed E-state index contributed by atoms with van der Waals surface area (Å²) in [6.45, 7) is 8.29. The molecule has 1 aromatic heterocycles. The molecule has 4 rings (SSSR count). The number of rotatable bonds is 3. The lowest BCUT2D eigenvalue weighted by Crippen LogP contribution is -2.53. The maximum absolute atomic E-state index is 12.5. The van der Waals surface area contributed by atoms with E-state index in [1.165, 1.54) is 0 Å². The molecule has 28 heavy (non-hydrogen) atoms. The molecule has 1 spiro atoms. The van der Waals surface area contributed by atoms with Gasteiger partial charge in [-0.3, -0.25) is 4.79 Å². The Balaban J connectivity index is 1.41. The summed E-state index contributed by atoms with van der Waals surface area (Å²) in [7, 11) is 0. The molecule has 1 amide bonds. The summed E-state index contributed by atoms with van der Waals surface area (Å²) >= 11 is 0. The third-order valence-electron chi connectivity index (χ3n) is 6.84. The second-order valence-electron chi connectivity index (χ2n) is 8.77. The van der Waals surface area contributed by atoms with Gasteiger partial charge in [-0.2, -0.15) is 5.26 Å². The smallest absolute Gasteiger partial charge is 0.222 e. The molecule has 0 aromatic carbocycles. The van der Waals surface area contributed by atoms with Crippen molar-refractivity contribution in [1.29, 1.82) is 5.26 Å². The van der Waals surface area contributed by atoms with Crippen molar-refractivity contribution >= 4 is 11.7 Å². The van der Waals surface area contributed by atoms with E-state index in [4.69, 9.17) is 4.74 Å². The van der Waals surface area contributed by atoms with Crippen molar-refractivity contribution in [3.8, 4) is 6.07 Å². The third kappa shape index (κ3) is 3.73. The lowest BCUT2D eigenvalue weighted by atomic mass is 9.72. The zero-order chi connectivity index (χ0) is 19.7. The van der Waals surface area contributed by atoms with Gasteiger partial charge in [-0.15, -0.1) is 0 Å². The summed E-state index contributed by atoms with van der Waals surface area (Å²) in [5.41, 5.74) is 2.73. The molecule has 3 saturated heterocycles. The quantitative estimate of drug-likeness (QED) is 0.804. The molecule has 4 heterocycles. The highest BCUT2D eigenvalue weighted by Crippen LogP contribution is 2.41. The molecular formula is C22H30N4O2. The molecule has 150 valence electrons. The Kier molecular flexibility index (Phi) is 5.29. The minimum absolute atomic E-state index is 0.230. The molecule has 3 aliphatic rings. The van der Waals surface area contributed by atoms with Gasteiger partial charge in [0.2, 0.25) is 5.91 Å². The molecule has 0 aliphatic carbocycles. The standard InChI is InChI=1S/C22H30N4O2/c1-16-12-20(24-17(2)19(16)13-23)25-9-7-22(8-10-25)6-5-21(27)26(15-22)14-18-4-3-11-28-18/h12,18H,3-11,14-15H2,1-2H3/t18-/m0/s1. The average molecular weight is 383 g/mol. The molecule has 6 heteroatoms. The Morgan fingerprint density at radius 2 is 2.11 bits per heavy atom. The van der Waals surface area contributed by atoms with Crippen molar-refractivity contribution in [2.75, 3.05) is 37.7 Å². The third-order valence-corrected chi connectivity index (χ3v) is 6.84. The van der Waals surface area contributed by atoms with Gasteiger partial charge in [-0.25, -0.2) is 4.98 Å². The van der Waals surface area contributed by atoms with Gasteiger partial charge in [0.1, 0.15) is 11.9 Å². The van der Waals surface area contributed by atoms with Gasteiger partial charge in [0.15, 0.2) is 0 Å². The van der Waals surface area contributed by atoms with Crippen LogP contribution in [0.15, 0.2) is 6.07 Å². The Morgan fingerprint density at radius 3 is 2.75 bits per heavy atom. The second-order valence-corrected chi connectivity index (χ2v) is 8.77. The van der Waals surface area contributed by atoms with Crippen molar-refractivity contribution in [3.63, 3.8) is 0 Å². The summed E-state index contributed by atoms with van der Waals surface area (Å²) in [5, 5.41) is 9.27. The number of carbonyl (C=O) groups excluding carboxylic acids is 1. The van der Waals surface area contributed by atoms with Gasteiger partial charge in [0, 0.05) is 39.2 Å². The van der Waals surface area contributed by atoms with Crippen molar-refractivity contribution in [2.45, 2.75) is 58.5 Å². The van der Waals surface area contributed by atoms with E-state index in [2.05, 4.69) is 20.9 Å². The normalized spacial score (nSPS) is 24.6. The van der Waals surface area contributed by atoms with Crippen molar-refractivity contribution in [3.05, 3.63) is 22.9 Å². The highest BCUT2D eigenvalue weighted by atomic mass is 16.5. The fourth-order valence-electron chi connectivity index (χ4n) is 5.06. The van der Waals surface area contributed by atoms with Crippen LogP contribution in [0.5, 0.6) is 0 Å². The number of hydrogen-bond donors (Lipinski definition) is 0. The SMILES string of the molecule is Cc1cc(N2CCC3(CCC(=O)N(C[C@@H]4CCCO4)C3)CC2)nc(C)c1C#N. The largest absolute Gasteiger partial charge is 0.376 e. The number of pyridine rings is 1. The van der Waals surface area contributed by atoms with Crippen LogP contribution in [-0.4, -0.2) is 54.7 Å².